The molecule has 3 rings (SSSR count). The molecule has 0 aliphatic carbocycles. The summed E-state index contributed by atoms with van der Waals surface area (Å²) in [7, 11) is 0. The van der Waals surface area contributed by atoms with Gasteiger partial charge in [0.25, 0.3) is 0 Å². The number of nitrogens with zero attached hydrogens (tertiary/aromatic N) is 3. The SMILES string of the molecule is CCc1cnc(CN(C(C)=O)[C@H]2CCN(Cc3ccc(C)cc3)C2)o1. The van der Waals surface area contributed by atoms with E-state index in [0.29, 0.717) is 12.4 Å². The van der Waals surface area contributed by atoms with Gasteiger partial charge in [-0.15, -0.1) is 0 Å². The zero-order valence-corrected chi connectivity index (χ0v) is 15.4. The van der Waals surface area contributed by atoms with E-state index >= 15 is 0 Å². The molecule has 1 aliphatic rings. The van der Waals surface area contributed by atoms with Crippen molar-refractivity contribution < 1.29 is 9.21 Å². The molecule has 1 aromatic heterocycles. The van der Waals surface area contributed by atoms with Crippen molar-refractivity contribution in [2.75, 3.05) is 13.1 Å². The molecule has 1 aliphatic heterocycles. The normalized spacial score (nSPS) is 17.8. The molecule has 1 aromatic carbocycles. The first-order chi connectivity index (χ1) is 12.0. The van der Waals surface area contributed by atoms with Crippen LogP contribution >= 0.6 is 0 Å². The van der Waals surface area contributed by atoms with Crippen LogP contribution in [0, 0.1) is 6.92 Å². The van der Waals surface area contributed by atoms with Gasteiger partial charge in [-0.3, -0.25) is 9.69 Å². The molecule has 1 amide bonds. The van der Waals surface area contributed by atoms with E-state index in [4.69, 9.17) is 4.42 Å². The number of amides is 1. The highest BCUT2D eigenvalue weighted by Crippen LogP contribution is 2.21. The first kappa shape index (κ1) is 17.7. The molecule has 1 fully saturated rings. The van der Waals surface area contributed by atoms with E-state index in [-0.39, 0.29) is 11.9 Å². The fourth-order valence-electron chi connectivity index (χ4n) is 3.39. The molecule has 25 heavy (non-hydrogen) atoms. The predicted molar refractivity (Wildman–Crippen MR) is 97.0 cm³/mol. The summed E-state index contributed by atoms with van der Waals surface area (Å²) in [5, 5.41) is 0. The van der Waals surface area contributed by atoms with Gasteiger partial charge >= 0.3 is 0 Å². The maximum atomic E-state index is 12.2. The summed E-state index contributed by atoms with van der Waals surface area (Å²) >= 11 is 0. The van der Waals surface area contributed by atoms with E-state index in [1.54, 1.807) is 13.1 Å². The van der Waals surface area contributed by atoms with E-state index in [0.717, 1.165) is 38.2 Å². The predicted octanol–water partition coefficient (Wildman–Crippen LogP) is 3.17. The average molecular weight is 341 g/mol. The number of carbonyl (C=O) groups is 1. The number of likely N-dealkylation sites (tertiary alicyclic amines) is 1. The van der Waals surface area contributed by atoms with Gasteiger partial charge in [0.15, 0.2) is 0 Å². The molecule has 5 nitrogen and oxygen atoms in total. The molecular formula is C20H27N3O2. The zero-order chi connectivity index (χ0) is 17.8. The van der Waals surface area contributed by atoms with Gasteiger partial charge in [0, 0.05) is 39.0 Å². The summed E-state index contributed by atoms with van der Waals surface area (Å²) in [5.74, 6) is 1.58. The lowest BCUT2D eigenvalue weighted by Gasteiger charge is -2.27. The minimum Gasteiger partial charge on any atom is -0.444 e. The van der Waals surface area contributed by atoms with Gasteiger partial charge in [-0.2, -0.15) is 0 Å². The van der Waals surface area contributed by atoms with Crippen LogP contribution in [0.2, 0.25) is 0 Å². The van der Waals surface area contributed by atoms with Crippen LogP contribution in [0.25, 0.3) is 0 Å². The quantitative estimate of drug-likeness (QED) is 0.810. The van der Waals surface area contributed by atoms with Crippen LogP contribution < -0.4 is 0 Å². The molecule has 0 spiro atoms. The van der Waals surface area contributed by atoms with Crippen molar-refractivity contribution in [3.8, 4) is 0 Å². The van der Waals surface area contributed by atoms with Crippen molar-refractivity contribution in [1.82, 2.24) is 14.8 Å². The van der Waals surface area contributed by atoms with Gasteiger partial charge in [-0.25, -0.2) is 4.98 Å². The van der Waals surface area contributed by atoms with Crippen molar-refractivity contribution in [2.45, 2.75) is 52.7 Å². The summed E-state index contributed by atoms with van der Waals surface area (Å²) in [4.78, 5) is 20.8. The molecule has 2 aromatic rings. The molecule has 0 saturated carbocycles. The third-order valence-corrected chi connectivity index (χ3v) is 4.88. The lowest BCUT2D eigenvalue weighted by Crippen LogP contribution is -2.40. The molecule has 134 valence electrons. The number of benzene rings is 1. The van der Waals surface area contributed by atoms with Crippen LogP contribution in [0.3, 0.4) is 0 Å². The van der Waals surface area contributed by atoms with Crippen LogP contribution in [0.4, 0.5) is 0 Å². The van der Waals surface area contributed by atoms with Gasteiger partial charge in [-0.1, -0.05) is 36.8 Å². The number of rotatable bonds is 6. The largest absolute Gasteiger partial charge is 0.444 e. The van der Waals surface area contributed by atoms with Crippen molar-refractivity contribution >= 4 is 5.91 Å². The number of hydrogen-bond donors (Lipinski definition) is 0. The molecule has 0 radical (unpaired) electrons. The second-order valence-corrected chi connectivity index (χ2v) is 6.88. The summed E-state index contributed by atoms with van der Waals surface area (Å²) in [6.45, 7) is 9.06. The van der Waals surface area contributed by atoms with Crippen LogP contribution in [0.5, 0.6) is 0 Å². The van der Waals surface area contributed by atoms with Gasteiger partial charge in [-0.05, 0) is 18.9 Å². The van der Waals surface area contributed by atoms with Crippen molar-refractivity contribution in [3.05, 3.63) is 53.2 Å². The Bertz CT molecular complexity index is 708. The molecule has 1 saturated heterocycles. The van der Waals surface area contributed by atoms with Gasteiger partial charge < -0.3 is 9.32 Å². The van der Waals surface area contributed by atoms with Crippen molar-refractivity contribution in [2.24, 2.45) is 0 Å². The third kappa shape index (κ3) is 4.48. The molecule has 0 bridgehead atoms. The van der Waals surface area contributed by atoms with Crippen LogP contribution in [0.15, 0.2) is 34.9 Å². The summed E-state index contributed by atoms with van der Waals surface area (Å²) in [5.41, 5.74) is 2.60. The minimum absolute atomic E-state index is 0.0819. The van der Waals surface area contributed by atoms with Crippen molar-refractivity contribution in [1.29, 1.82) is 0 Å². The van der Waals surface area contributed by atoms with Crippen LogP contribution in [-0.2, 0) is 24.3 Å². The Kier molecular flexibility index (Phi) is 5.53. The number of hydrogen-bond acceptors (Lipinski definition) is 4. The highest BCUT2D eigenvalue weighted by atomic mass is 16.4. The molecule has 2 heterocycles. The molecule has 1 atom stereocenters. The number of oxazole rings is 1. The Morgan fingerprint density at radius 2 is 2.12 bits per heavy atom. The van der Waals surface area contributed by atoms with E-state index in [1.807, 2.05) is 11.8 Å². The monoisotopic (exact) mass is 341 g/mol. The Labute approximate surface area is 149 Å². The summed E-state index contributed by atoms with van der Waals surface area (Å²) in [6.07, 6.45) is 3.57. The number of carbonyl (C=O) groups excluding carboxylic acids is 1. The Morgan fingerprint density at radius 3 is 2.76 bits per heavy atom. The van der Waals surface area contributed by atoms with Crippen LogP contribution in [-0.4, -0.2) is 39.8 Å². The first-order valence-electron chi connectivity index (χ1n) is 9.04. The Hall–Kier alpha value is -2.14. The maximum absolute atomic E-state index is 12.2. The second kappa shape index (κ2) is 7.83. The molecule has 0 N–H and O–H groups in total. The van der Waals surface area contributed by atoms with Gasteiger partial charge in [0.1, 0.15) is 5.76 Å². The fraction of sp³-hybridized carbons (Fsp3) is 0.500. The summed E-state index contributed by atoms with van der Waals surface area (Å²) < 4.78 is 5.69. The first-order valence-corrected chi connectivity index (χ1v) is 9.04. The number of aromatic nitrogens is 1. The average Bonchev–Trinajstić information content (AvgIpc) is 3.23. The van der Waals surface area contributed by atoms with E-state index in [9.17, 15) is 4.79 Å². The van der Waals surface area contributed by atoms with E-state index in [2.05, 4.69) is 41.1 Å². The highest BCUT2D eigenvalue weighted by Gasteiger charge is 2.30. The highest BCUT2D eigenvalue weighted by molar-refractivity contribution is 5.73. The zero-order valence-electron chi connectivity index (χ0n) is 15.4. The van der Waals surface area contributed by atoms with Crippen LogP contribution in [0.1, 0.15) is 43.0 Å². The molecular weight excluding hydrogens is 314 g/mol. The Balaban J connectivity index is 1.61. The standard InChI is InChI=1S/C20H27N3O2/c1-4-19-11-21-20(25-19)14-23(16(3)24)18-9-10-22(13-18)12-17-7-5-15(2)6-8-17/h5-8,11,18H,4,9-10,12-14H2,1-3H3/t18-/m0/s1. The fourth-order valence-corrected chi connectivity index (χ4v) is 3.39. The molecule has 5 heteroatoms. The van der Waals surface area contributed by atoms with Crippen molar-refractivity contribution in [3.63, 3.8) is 0 Å². The topological polar surface area (TPSA) is 49.6 Å². The lowest BCUT2D eigenvalue weighted by molar-refractivity contribution is -0.132. The lowest BCUT2D eigenvalue weighted by atomic mass is 10.1. The maximum Gasteiger partial charge on any atom is 0.220 e. The van der Waals surface area contributed by atoms with E-state index < -0.39 is 0 Å². The van der Waals surface area contributed by atoms with Gasteiger partial charge in [0.2, 0.25) is 11.8 Å². The van der Waals surface area contributed by atoms with E-state index in [1.165, 1.54) is 11.1 Å². The number of aryl methyl sites for hydroxylation is 2. The Morgan fingerprint density at radius 1 is 1.36 bits per heavy atom. The third-order valence-electron chi connectivity index (χ3n) is 4.88. The minimum atomic E-state index is 0.0819. The smallest absolute Gasteiger partial charge is 0.220 e. The van der Waals surface area contributed by atoms with Gasteiger partial charge in [0.05, 0.1) is 12.7 Å². The second-order valence-electron chi connectivity index (χ2n) is 6.88. The molecule has 0 unspecified atom stereocenters. The summed E-state index contributed by atoms with van der Waals surface area (Å²) in [6, 6.07) is 8.89.